The predicted octanol–water partition coefficient (Wildman–Crippen LogP) is 4.48. The van der Waals surface area contributed by atoms with E-state index in [1.807, 2.05) is 36.4 Å². The first-order chi connectivity index (χ1) is 10.2. The summed E-state index contributed by atoms with van der Waals surface area (Å²) in [5, 5.41) is 0.750. The Kier molecular flexibility index (Phi) is 4.13. The number of aryl methyl sites for hydroxylation is 1. The predicted molar refractivity (Wildman–Crippen MR) is 87.2 cm³/mol. The molecule has 2 aromatic heterocycles. The summed E-state index contributed by atoms with van der Waals surface area (Å²) in [6.45, 7) is 2.11. The van der Waals surface area contributed by atoms with E-state index < -0.39 is 0 Å². The van der Waals surface area contributed by atoms with E-state index in [0.717, 1.165) is 27.6 Å². The molecule has 108 valence electrons. The summed E-state index contributed by atoms with van der Waals surface area (Å²) in [4.78, 5) is 9.13. The van der Waals surface area contributed by atoms with E-state index in [1.54, 1.807) is 6.20 Å². The van der Waals surface area contributed by atoms with E-state index in [-0.39, 0.29) is 6.04 Å². The summed E-state index contributed by atoms with van der Waals surface area (Å²) in [5.41, 5.74) is 2.81. The summed E-state index contributed by atoms with van der Waals surface area (Å²) in [6.07, 6.45) is 2.48. The second-order valence-corrected chi connectivity index (χ2v) is 5.67. The van der Waals surface area contributed by atoms with Gasteiger partial charge in [0, 0.05) is 23.5 Å². The van der Waals surface area contributed by atoms with Gasteiger partial charge in [-0.25, -0.2) is 9.97 Å². The van der Waals surface area contributed by atoms with Gasteiger partial charge in [-0.05, 0) is 30.7 Å². The molecule has 5 heteroatoms. The van der Waals surface area contributed by atoms with Crippen LogP contribution < -0.4 is 0 Å². The Hall–Kier alpha value is -1.58. The number of alkyl halides is 1. The molecule has 3 aromatic rings. The van der Waals surface area contributed by atoms with Gasteiger partial charge in [0.15, 0.2) is 5.65 Å². The van der Waals surface area contributed by atoms with Crippen molar-refractivity contribution in [2.45, 2.75) is 19.4 Å². The molecule has 0 amide bonds. The molecule has 0 aliphatic carbocycles. The Balaban J connectivity index is 2.18. The number of imidazole rings is 1. The third-order valence-electron chi connectivity index (χ3n) is 3.58. The maximum Gasteiger partial charge on any atom is 0.160 e. The molecule has 1 atom stereocenters. The minimum Gasteiger partial charge on any atom is -0.305 e. The zero-order chi connectivity index (χ0) is 14.8. The normalized spacial score (nSPS) is 12.7. The van der Waals surface area contributed by atoms with Crippen LogP contribution in [0.2, 0.25) is 5.02 Å². The number of fused-ring (bicyclic) bond motifs is 1. The van der Waals surface area contributed by atoms with Gasteiger partial charge >= 0.3 is 0 Å². The van der Waals surface area contributed by atoms with Crippen molar-refractivity contribution in [2.24, 2.45) is 0 Å². The van der Waals surface area contributed by atoms with Crippen molar-refractivity contribution >= 4 is 34.4 Å². The Morgan fingerprint density at radius 2 is 2.00 bits per heavy atom. The molecule has 21 heavy (non-hydrogen) atoms. The molecule has 0 bridgehead atoms. The van der Waals surface area contributed by atoms with Crippen LogP contribution in [0.15, 0.2) is 42.6 Å². The van der Waals surface area contributed by atoms with Crippen molar-refractivity contribution in [3.63, 3.8) is 0 Å². The molecule has 0 radical (unpaired) electrons. The minimum atomic E-state index is 0.0526. The van der Waals surface area contributed by atoms with Crippen molar-refractivity contribution in [1.82, 2.24) is 14.5 Å². The Bertz CT molecular complexity index is 767. The minimum absolute atomic E-state index is 0.0526. The van der Waals surface area contributed by atoms with Crippen LogP contribution in [0, 0.1) is 0 Å². The van der Waals surface area contributed by atoms with Crippen molar-refractivity contribution in [2.75, 3.05) is 5.88 Å². The SMILES string of the molecule is CC(c1ccccc1Cl)n1c(CCCl)nc2cccnc21. The number of rotatable bonds is 4. The first-order valence-corrected chi connectivity index (χ1v) is 7.76. The second-order valence-electron chi connectivity index (χ2n) is 4.88. The second kappa shape index (κ2) is 6.04. The Labute approximate surface area is 133 Å². The molecule has 1 unspecified atom stereocenters. The van der Waals surface area contributed by atoms with E-state index in [1.165, 1.54) is 0 Å². The van der Waals surface area contributed by atoms with Gasteiger partial charge in [-0.1, -0.05) is 29.8 Å². The van der Waals surface area contributed by atoms with Gasteiger partial charge < -0.3 is 4.57 Å². The van der Waals surface area contributed by atoms with Gasteiger partial charge in [-0.3, -0.25) is 0 Å². The molecule has 3 rings (SSSR count). The van der Waals surface area contributed by atoms with Crippen molar-refractivity contribution < 1.29 is 0 Å². The van der Waals surface area contributed by atoms with Gasteiger partial charge in [0.1, 0.15) is 11.3 Å². The van der Waals surface area contributed by atoms with E-state index in [4.69, 9.17) is 23.2 Å². The molecule has 0 saturated carbocycles. The highest BCUT2D eigenvalue weighted by molar-refractivity contribution is 6.31. The average Bonchev–Trinajstić information content (AvgIpc) is 2.85. The van der Waals surface area contributed by atoms with Gasteiger partial charge in [-0.2, -0.15) is 0 Å². The smallest absolute Gasteiger partial charge is 0.160 e. The fourth-order valence-electron chi connectivity index (χ4n) is 2.60. The molecule has 0 aliphatic rings. The molecular formula is C16H15Cl2N3. The van der Waals surface area contributed by atoms with Crippen molar-refractivity contribution in [3.8, 4) is 0 Å². The lowest BCUT2D eigenvalue weighted by molar-refractivity contribution is 0.619. The lowest BCUT2D eigenvalue weighted by Crippen LogP contribution is -2.12. The molecule has 0 N–H and O–H groups in total. The lowest BCUT2D eigenvalue weighted by Gasteiger charge is -2.18. The highest BCUT2D eigenvalue weighted by Gasteiger charge is 2.19. The van der Waals surface area contributed by atoms with Gasteiger partial charge in [0.25, 0.3) is 0 Å². The number of hydrogen-bond donors (Lipinski definition) is 0. The van der Waals surface area contributed by atoms with Crippen LogP contribution in [0.25, 0.3) is 11.2 Å². The van der Waals surface area contributed by atoms with Gasteiger partial charge in [0.2, 0.25) is 0 Å². The van der Waals surface area contributed by atoms with E-state index in [2.05, 4.69) is 21.5 Å². The Morgan fingerprint density at radius 3 is 2.76 bits per heavy atom. The first-order valence-electron chi connectivity index (χ1n) is 6.84. The zero-order valence-corrected chi connectivity index (χ0v) is 13.1. The summed E-state index contributed by atoms with van der Waals surface area (Å²) in [6, 6.07) is 11.8. The maximum atomic E-state index is 6.34. The topological polar surface area (TPSA) is 30.7 Å². The van der Waals surface area contributed by atoms with Gasteiger partial charge in [0.05, 0.1) is 6.04 Å². The molecule has 3 nitrogen and oxygen atoms in total. The molecule has 0 spiro atoms. The number of benzene rings is 1. The maximum absolute atomic E-state index is 6.34. The van der Waals surface area contributed by atoms with Crippen LogP contribution in [0.1, 0.15) is 24.4 Å². The number of aromatic nitrogens is 3. The molecule has 0 fully saturated rings. The Morgan fingerprint density at radius 1 is 1.19 bits per heavy atom. The van der Waals surface area contributed by atoms with Crippen molar-refractivity contribution in [3.05, 3.63) is 59.0 Å². The summed E-state index contributed by atoms with van der Waals surface area (Å²) in [5.74, 6) is 1.46. The van der Waals surface area contributed by atoms with Crippen molar-refractivity contribution in [1.29, 1.82) is 0 Å². The van der Waals surface area contributed by atoms with Crippen LogP contribution in [-0.2, 0) is 6.42 Å². The third-order valence-corrected chi connectivity index (χ3v) is 4.12. The highest BCUT2D eigenvalue weighted by atomic mass is 35.5. The summed E-state index contributed by atoms with van der Waals surface area (Å²) < 4.78 is 2.12. The molecule has 2 heterocycles. The zero-order valence-electron chi connectivity index (χ0n) is 11.6. The van der Waals surface area contributed by atoms with E-state index in [0.29, 0.717) is 12.3 Å². The van der Waals surface area contributed by atoms with Crippen LogP contribution in [-0.4, -0.2) is 20.4 Å². The molecular weight excluding hydrogens is 305 g/mol. The monoisotopic (exact) mass is 319 g/mol. The van der Waals surface area contributed by atoms with Crippen LogP contribution in [0.4, 0.5) is 0 Å². The van der Waals surface area contributed by atoms with Crippen LogP contribution in [0.5, 0.6) is 0 Å². The van der Waals surface area contributed by atoms with E-state index >= 15 is 0 Å². The fraction of sp³-hybridized carbons (Fsp3) is 0.250. The number of nitrogens with zero attached hydrogens (tertiary/aromatic N) is 3. The summed E-state index contributed by atoms with van der Waals surface area (Å²) in [7, 11) is 0. The van der Waals surface area contributed by atoms with Crippen LogP contribution in [0.3, 0.4) is 0 Å². The number of hydrogen-bond acceptors (Lipinski definition) is 2. The molecule has 0 saturated heterocycles. The van der Waals surface area contributed by atoms with Crippen LogP contribution >= 0.6 is 23.2 Å². The standard InChI is InChI=1S/C16H15Cl2N3/c1-11(12-5-2-3-6-13(12)18)21-15(8-9-17)20-14-7-4-10-19-16(14)21/h2-7,10-11H,8-9H2,1H3. The summed E-state index contributed by atoms with van der Waals surface area (Å²) >= 11 is 12.3. The average molecular weight is 320 g/mol. The number of pyridine rings is 1. The number of halogens is 2. The third kappa shape index (κ3) is 2.63. The molecule has 1 aromatic carbocycles. The van der Waals surface area contributed by atoms with E-state index in [9.17, 15) is 0 Å². The highest BCUT2D eigenvalue weighted by Crippen LogP contribution is 2.29. The lowest BCUT2D eigenvalue weighted by atomic mass is 10.1. The quantitative estimate of drug-likeness (QED) is 0.664. The largest absolute Gasteiger partial charge is 0.305 e. The van der Waals surface area contributed by atoms with Gasteiger partial charge in [-0.15, -0.1) is 11.6 Å². The molecule has 0 aliphatic heterocycles. The first kappa shape index (κ1) is 14.4. The fourth-order valence-corrected chi connectivity index (χ4v) is 3.06.